The number of amides is 2. The SMILES string of the molecule is Cl.O=C(NCCCCCCS(=O)(=O)N1CCCCO1)Nc1ccncc1. The van der Waals surface area contributed by atoms with Crippen LogP contribution in [-0.2, 0) is 14.9 Å². The molecule has 0 bridgehead atoms. The molecule has 2 heterocycles. The van der Waals surface area contributed by atoms with Crippen LogP contribution in [-0.4, -0.2) is 49.4 Å². The van der Waals surface area contributed by atoms with Crippen molar-refractivity contribution in [2.45, 2.75) is 38.5 Å². The molecule has 1 fully saturated rings. The quantitative estimate of drug-likeness (QED) is 0.614. The van der Waals surface area contributed by atoms with Crippen LogP contribution in [0.25, 0.3) is 0 Å². The van der Waals surface area contributed by atoms with Gasteiger partial charge in [0.15, 0.2) is 0 Å². The first-order valence-electron chi connectivity index (χ1n) is 8.66. The Morgan fingerprint density at radius 3 is 2.58 bits per heavy atom. The van der Waals surface area contributed by atoms with E-state index in [0.717, 1.165) is 36.6 Å². The van der Waals surface area contributed by atoms with Gasteiger partial charge in [0.05, 0.1) is 12.4 Å². The highest BCUT2D eigenvalue weighted by Gasteiger charge is 2.24. The van der Waals surface area contributed by atoms with Gasteiger partial charge < -0.3 is 10.6 Å². The van der Waals surface area contributed by atoms with E-state index in [1.165, 1.54) is 0 Å². The zero-order valence-electron chi connectivity index (χ0n) is 14.7. The van der Waals surface area contributed by atoms with Gasteiger partial charge in [-0.25, -0.2) is 13.2 Å². The van der Waals surface area contributed by atoms with Crippen molar-refractivity contribution in [3.8, 4) is 0 Å². The van der Waals surface area contributed by atoms with Crippen LogP contribution in [0.5, 0.6) is 0 Å². The smallest absolute Gasteiger partial charge is 0.319 e. The molecule has 2 N–H and O–H groups in total. The van der Waals surface area contributed by atoms with E-state index in [2.05, 4.69) is 15.6 Å². The van der Waals surface area contributed by atoms with Gasteiger partial charge in [0.1, 0.15) is 0 Å². The summed E-state index contributed by atoms with van der Waals surface area (Å²) < 4.78 is 25.3. The van der Waals surface area contributed by atoms with E-state index in [0.29, 0.717) is 31.8 Å². The van der Waals surface area contributed by atoms with Gasteiger partial charge >= 0.3 is 6.03 Å². The molecule has 2 rings (SSSR count). The molecule has 0 spiro atoms. The van der Waals surface area contributed by atoms with Crippen LogP contribution in [0.15, 0.2) is 24.5 Å². The third kappa shape index (κ3) is 8.31. The molecule has 10 heteroatoms. The molecule has 0 aliphatic carbocycles. The van der Waals surface area contributed by atoms with Crippen LogP contribution in [0, 0.1) is 0 Å². The van der Waals surface area contributed by atoms with E-state index in [1.54, 1.807) is 24.5 Å². The Balaban J connectivity index is 0.00000338. The average molecular weight is 407 g/mol. The summed E-state index contributed by atoms with van der Waals surface area (Å²) in [4.78, 5) is 20.7. The fourth-order valence-corrected chi connectivity index (χ4v) is 3.89. The van der Waals surface area contributed by atoms with Gasteiger partial charge in [0.2, 0.25) is 10.0 Å². The second-order valence-electron chi connectivity index (χ2n) is 5.91. The van der Waals surface area contributed by atoms with Crippen molar-refractivity contribution in [1.82, 2.24) is 14.8 Å². The number of carbonyl (C=O) groups is 1. The number of pyridine rings is 1. The molecule has 1 aromatic heterocycles. The number of carbonyl (C=O) groups excluding carboxylic acids is 1. The molecule has 148 valence electrons. The highest BCUT2D eigenvalue weighted by molar-refractivity contribution is 7.88. The van der Waals surface area contributed by atoms with E-state index in [1.807, 2.05) is 0 Å². The van der Waals surface area contributed by atoms with Crippen molar-refractivity contribution >= 4 is 34.1 Å². The fourth-order valence-electron chi connectivity index (χ4n) is 2.47. The minimum Gasteiger partial charge on any atom is -0.338 e. The monoisotopic (exact) mass is 406 g/mol. The number of rotatable bonds is 9. The summed E-state index contributed by atoms with van der Waals surface area (Å²) >= 11 is 0. The molecule has 2 amide bonds. The molecular weight excluding hydrogens is 380 g/mol. The van der Waals surface area contributed by atoms with E-state index in [4.69, 9.17) is 4.84 Å². The molecular formula is C16H27ClN4O4S. The zero-order chi connectivity index (χ0) is 18.0. The van der Waals surface area contributed by atoms with Crippen LogP contribution >= 0.6 is 12.4 Å². The Bertz CT molecular complexity index is 624. The molecule has 0 aromatic carbocycles. The van der Waals surface area contributed by atoms with Crippen molar-refractivity contribution in [3.05, 3.63) is 24.5 Å². The van der Waals surface area contributed by atoms with Crippen LogP contribution in [0.3, 0.4) is 0 Å². The lowest BCUT2D eigenvalue weighted by Gasteiger charge is -2.25. The third-order valence-electron chi connectivity index (χ3n) is 3.83. The predicted molar refractivity (Wildman–Crippen MR) is 103 cm³/mol. The molecule has 26 heavy (non-hydrogen) atoms. The molecule has 1 aliphatic rings. The Labute approximate surface area is 161 Å². The van der Waals surface area contributed by atoms with Crippen LogP contribution in [0.1, 0.15) is 38.5 Å². The van der Waals surface area contributed by atoms with Crippen LogP contribution in [0.2, 0.25) is 0 Å². The highest BCUT2D eigenvalue weighted by Crippen LogP contribution is 2.13. The summed E-state index contributed by atoms with van der Waals surface area (Å²) in [7, 11) is -3.30. The number of hydrogen-bond donors (Lipinski definition) is 2. The number of urea groups is 1. The first kappa shape index (κ1) is 22.6. The number of hydrogen-bond acceptors (Lipinski definition) is 5. The normalized spacial score (nSPS) is 15.1. The van der Waals surface area contributed by atoms with Crippen molar-refractivity contribution < 1.29 is 18.0 Å². The van der Waals surface area contributed by atoms with E-state index in [-0.39, 0.29) is 24.2 Å². The maximum absolute atomic E-state index is 12.1. The van der Waals surface area contributed by atoms with Gasteiger partial charge in [-0.1, -0.05) is 17.3 Å². The van der Waals surface area contributed by atoms with Crippen LogP contribution < -0.4 is 10.6 Å². The van der Waals surface area contributed by atoms with Gasteiger partial charge in [-0.2, -0.15) is 0 Å². The van der Waals surface area contributed by atoms with Crippen molar-refractivity contribution in [2.75, 3.05) is 30.8 Å². The maximum Gasteiger partial charge on any atom is 0.319 e. The lowest BCUT2D eigenvalue weighted by atomic mass is 10.2. The molecule has 1 saturated heterocycles. The van der Waals surface area contributed by atoms with Gasteiger partial charge in [-0.05, 0) is 37.8 Å². The van der Waals surface area contributed by atoms with E-state index in [9.17, 15) is 13.2 Å². The summed E-state index contributed by atoms with van der Waals surface area (Å²) in [6.45, 7) is 1.49. The maximum atomic E-state index is 12.1. The molecule has 0 atom stereocenters. The van der Waals surface area contributed by atoms with E-state index < -0.39 is 10.0 Å². The van der Waals surface area contributed by atoms with Crippen molar-refractivity contribution in [3.63, 3.8) is 0 Å². The summed E-state index contributed by atoms with van der Waals surface area (Å²) in [5.74, 6) is 0.114. The first-order chi connectivity index (χ1) is 12.1. The Morgan fingerprint density at radius 1 is 1.15 bits per heavy atom. The minimum absolute atomic E-state index is 0. The van der Waals surface area contributed by atoms with Gasteiger partial charge in [-0.3, -0.25) is 9.82 Å². The zero-order valence-corrected chi connectivity index (χ0v) is 16.4. The topological polar surface area (TPSA) is 101 Å². The molecule has 1 aromatic rings. The van der Waals surface area contributed by atoms with Gasteiger partial charge in [0, 0.05) is 31.2 Å². The summed E-state index contributed by atoms with van der Waals surface area (Å²) in [6.07, 6.45) is 8.07. The van der Waals surface area contributed by atoms with Gasteiger partial charge in [-0.15, -0.1) is 12.4 Å². The number of aromatic nitrogens is 1. The average Bonchev–Trinajstić information content (AvgIpc) is 2.62. The Hall–Kier alpha value is -1.42. The number of nitrogens with zero attached hydrogens (tertiary/aromatic N) is 2. The molecule has 0 saturated carbocycles. The molecule has 1 aliphatic heterocycles. The number of hydroxylamine groups is 1. The first-order valence-corrected chi connectivity index (χ1v) is 10.3. The standard InChI is InChI=1S/C16H26N4O4S.ClH/c21-16(19-15-7-10-17-11-8-15)18-9-3-1-2-6-14-25(22,23)20-12-4-5-13-24-20;/h7-8,10-11H,1-6,9,12-14H2,(H2,17,18,19,21);1H. The predicted octanol–water partition coefficient (Wildman–Crippen LogP) is 2.54. The molecule has 8 nitrogen and oxygen atoms in total. The Morgan fingerprint density at radius 2 is 1.88 bits per heavy atom. The van der Waals surface area contributed by atoms with Crippen molar-refractivity contribution in [1.29, 1.82) is 0 Å². The van der Waals surface area contributed by atoms with Crippen molar-refractivity contribution in [2.24, 2.45) is 0 Å². The summed E-state index contributed by atoms with van der Waals surface area (Å²) in [6, 6.07) is 3.18. The Kier molecular flexibility index (Phi) is 10.5. The fraction of sp³-hybridized carbons (Fsp3) is 0.625. The highest BCUT2D eigenvalue weighted by atomic mass is 35.5. The lowest BCUT2D eigenvalue weighted by molar-refractivity contribution is -0.108. The minimum atomic E-state index is -3.30. The largest absolute Gasteiger partial charge is 0.338 e. The molecule has 0 radical (unpaired) electrons. The lowest BCUT2D eigenvalue weighted by Crippen LogP contribution is -2.37. The van der Waals surface area contributed by atoms with Crippen LogP contribution in [0.4, 0.5) is 10.5 Å². The summed E-state index contributed by atoms with van der Waals surface area (Å²) in [5.41, 5.74) is 0.692. The number of anilines is 1. The third-order valence-corrected chi connectivity index (χ3v) is 5.55. The molecule has 0 unspecified atom stereocenters. The van der Waals surface area contributed by atoms with E-state index >= 15 is 0 Å². The number of sulfonamides is 1. The number of nitrogens with one attached hydrogen (secondary N) is 2. The summed E-state index contributed by atoms with van der Waals surface area (Å²) in [5, 5.41) is 5.48. The second kappa shape index (κ2) is 12.1. The second-order valence-corrected chi connectivity index (χ2v) is 7.89. The number of halogens is 1. The number of unbranched alkanes of at least 4 members (excludes halogenated alkanes) is 3. The van der Waals surface area contributed by atoms with Gasteiger partial charge in [0.25, 0.3) is 0 Å².